The van der Waals surface area contributed by atoms with Crippen LogP contribution in [-0.4, -0.2) is 5.75 Å². The standard InChI is InChI=1S/C14H15NS/c1-2-16-13-10-6-9-12(15)14(13)11-7-4-3-5-8-11/h3-10H,2,15H2,1H3. The van der Waals surface area contributed by atoms with Gasteiger partial charge in [-0.15, -0.1) is 11.8 Å². The van der Waals surface area contributed by atoms with Gasteiger partial charge in [-0.2, -0.15) is 0 Å². The summed E-state index contributed by atoms with van der Waals surface area (Å²) >= 11 is 1.83. The highest BCUT2D eigenvalue weighted by molar-refractivity contribution is 7.99. The smallest absolute Gasteiger partial charge is 0.0405 e. The van der Waals surface area contributed by atoms with Gasteiger partial charge in [-0.1, -0.05) is 43.3 Å². The van der Waals surface area contributed by atoms with E-state index in [1.165, 1.54) is 10.5 Å². The molecule has 0 saturated heterocycles. The minimum absolute atomic E-state index is 0.852. The molecule has 0 aromatic heterocycles. The first-order valence-corrected chi connectivity index (χ1v) is 6.38. The molecule has 2 heteroatoms. The zero-order valence-corrected chi connectivity index (χ0v) is 10.1. The van der Waals surface area contributed by atoms with Crippen molar-refractivity contribution < 1.29 is 0 Å². The van der Waals surface area contributed by atoms with Crippen LogP contribution >= 0.6 is 11.8 Å². The van der Waals surface area contributed by atoms with Gasteiger partial charge in [-0.3, -0.25) is 0 Å². The number of nitrogen functional groups attached to an aromatic ring is 1. The summed E-state index contributed by atoms with van der Waals surface area (Å²) in [6, 6.07) is 16.4. The third-order valence-electron chi connectivity index (χ3n) is 2.42. The Labute approximate surface area is 101 Å². The molecule has 0 aliphatic carbocycles. The molecule has 0 saturated carbocycles. The third-order valence-corrected chi connectivity index (χ3v) is 3.36. The first-order chi connectivity index (χ1) is 7.83. The molecule has 1 nitrogen and oxygen atoms in total. The van der Waals surface area contributed by atoms with E-state index >= 15 is 0 Å². The summed E-state index contributed by atoms with van der Waals surface area (Å²) in [5.74, 6) is 1.06. The van der Waals surface area contributed by atoms with Crippen LogP contribution in [0.4, 0.5) is 5.69 Å². The summed E-state index contributed by atoms with van der Waals surface area (Å²) in [4.78, 5) is 1.26. The van der Waals surface area contributed by atoms with Crippen LogP contribution in [0, 0.1) is 0 Å². The van der Waals surface area contributed by atoms with Gasteiger partial charge in [0.1, 0.15) is 0 Å². The molecule has 2 N–H and O–H groups in total. The van der Waals surface area contributed by atoms with Gasteiger partial charge in [0.2, 0.25) is 0 Å². The van der Waals surface area contributed by atoms with Crippen molar-refractivity contribution in [2.24, 2.45) is 0 Å². The fourth-order valence-corrected chi connectivity index (χ4v) is 2.60. The lowest BCUT2D eigenvalue weighted by atomic mass is 10.0. The molecule has 0 spiro atoms. The maximum absolute atomic E-state index is 6.07. The van der Waals surface area contributed by atoms with E-state index in [1.54, 1.807) is 0 Å². The number of hydrogen-bond donors (Lipinski definition) is 1. The summed E-state index contributed by atoms with van der Waals surface area (Å²) in [5.41, 5.74) is 9.28. The Kier molecular flexibility index (Phi) is 3.52. The van der Waals surface area contributed by atoms with Crippen LogP contribution in [0.25, 0.3) is 11.1 Å². The monoisotopic (exact) mass is 229 g/mol. The van der Waals surface area contributed by atoms with Crippen molar-refractivity contribution in [3.05, 3.63) is 48.5 Å². The van der Waals surface area contributed by atoms with Crippen molar-refractivity contribution in [2.45, 2.75) is 11.8 Å². The Balaban J connectivity index is 2.54. The van der Waals surface area contributed by atoms with Crippen molar-refractivity contribution in [3.8, 4) is 11.1 Å². The van der Waals surface area contributed by atoms with E-state index in [9.17, 15) is 0 Å². The molecule has 0 aliphatic rings. The predicted octanol–water partition coefficient (Wildman–Crippen LogP) is 4.05. The van der Waals surface area contributed by atoms with E-state index in [2.05, 4.69) is 25.1 Å². The van der Waals surface area contributed by atoms with E-state index in [0.717, 1.165) is 17.0 Å². The van der Waals surface area contributed by atoms with Crippen LogP contribution < -0.4 is 5.73 Å². The van der Waals surface area contributed by atoms with Crippen LogP contribution in [0.15, 0.2) is 53.4 Å². The Morgan fingerprint density at radius 2 is 1.75 bits per heavy atom. The van der Waals surface area contributed by atoms with Crippen molar-refractivity contribution in [1.82, 2.24) is 0 Å². The summed E-state index contributed by atoms with van der Waals surface area (Å²) in [6.45, 7) is 2.16. The van der Waals surface area contributed by atoms with Crippen molar-refractivity contribution in [2.75, 3.05) is 11.5 Å². The fourth-order valence-electron chi connectivity index (χ4n) is 1.74. The number of anilines is 1. The van der Waals surface area contributed by atoms with Gasteiger partial charge < -0.3 is 5.73 Å². The molecule has 2 aromatic rings. The highest BCUT2D eigenvalue weighted by Crippen LogP contribution is 2.35. The number of rotatable bonds is 3. The minimum atomic E-state index is 0.852. The van der Waals surface area contributed by atoms with Gasteiger partial charge >= 0.3 is 0 Å². The maximum atomic E-state index is 6.07. The lowest BCUT2D eigenvalue weighted by Gasteiger charge is -2.11. The molecule has 2 rings (SSSR count). The largest absolute Gasteiger partial charge is 0.398 e. The van der Waals surface area contributed by atoms with Gasteiger partial charge in [0.15, 0.2) is 0 Å². The maximum Gasteiger partial charge on any atom is 0.0405 e. The first-order valence-electron chi connectivity index (χ1n) is 5.39. The second-order valence-electron chi connectivity index (χ2n) is 3.52. The zero-order valence-electron chi connectivity index (χ0n) is 9.31. The number of hydrogen-bond acceptors (Lipinski definition) is 2. The molecule has 0 unspecified atom stereocenters. The summed E-state index contributed by atoms with van der Waals surface area (Å²) in [7, 11) is 0. The molecule has 2 aromatic carbocycles. The third kappa shape index (κ3) is 2.22. The van der Waals surface area contributed by atoms with E-state index in [0.29, 0.717) is 0 Å². The molecule has 0 atom stereocenters. The predicted molar refractivity (Wildman–Crippen MR) is 72.7 cm³/mol. The average molecular weight is 229 g/mol. The SMILES string of the molecule is CCSc1cccc(N)c1-c1ccccc1. The van der Waals surface area contributed by atoms with Crippen LogP contribution in [0.2, 0.25) is 0 Å². The topological polar surface area (TPSA) is 26.0 Å². The van der Waals surface area contributed by atoms with E-state index in [4.69, 9.17) is 5.73 Å². The molecule has 0 radical (unpaired) electrons. The molecule has 0 aliphatic heterocycles. The Bertz CT molecular complexity index is 465. The quantitative estimate of drug-likeness (QED) is 0.634. The van der Waals surface area contributed by atoms with Crippen LogP contribution in [0.3, 0.4) is 0 Å². The highest BCUT2D eigenvalue weighted by Gasteiger charge is 2.07. The van der Waals surface area contributed by atoms with Gasteiger partial charge in [-0.05, 0) is 23.4 Å². The average Bonchev–Trinajstić information content (AvgIpc) is 2.31. The molecule has 82 valence electrons. The molecule has 0 fully saturated rings. The van der Waals surface area contributed by atoms with Gasteiger partial charge in [-0.25, -0.2) is 0 Å². The van der Waals surface area contributed by atoms with Crippen LogP contribution in [0.1, 0.15) is 6.92 Å². The second kappa shape index (κ2) is 5.08. The molecule has 0 amide bonds. The lowest BCUT2D eigenvalue weighted by Crippen LogP contribution is -1.92. The molecule has 16 heavy (non-hydrogen) atoms. The Morgan fingerprint density at radius 1 is 1.00 bits per heavy atom. The molecule has 0 heterocycles. The minimum Gasteiger partial charge on any atom is -0.398 e. The van der Waals surface area contributed by atoms with Crippen molar-refractivity contribution in [3.63, 3.8) is 0 Å². The molecule has 0 bridgehead atoms. The molecular weight excluding hydrogens is 214 g/mol. The van der Waals surface area contributed by atoms with E-state index in [-0.39, 0.29) is 0 Å². The van der Waals surface area contributed by atoms with Gasteiger partial charge in [0.25, 0.3) is 0 Å². The van der Waals surface area contributed by atoms with Gasteiger partial charge in [0, 0.05) is 16.1 Å². The Hall–Kier alpha value is -1.41. The summed E-state index contributed by atoms with van der Waals surface area (Å²) in [6.07, 6.45) is 0. The van der Waals surface area contributed by atoms with E-state index < -0.39 is 0 Å². The number of benzene rings is 2. The normalized spacial score (nSPS) is 10.3. The number of nitrogens with two attached hydrogens (primary N) is 1. The van der Waals surface area contributed by atoms with Crippen molar-refractivity contribution >= 4 is 17.4 Å². The summed E-state index contributed by atoms with van der Waals surface area (Å²) in [5, 5.41) is 0. The number of thioether (sulfide) groups is 1. The highest BCUT2D eigenvalue weighted by atomic mass is 32.2. The first kappa shape index (κ1) is 11.1. The lowest BCUT2D eigenvalue weighted by molar-refractivity contribution is 1.42. The van der Waals surface area contributed by atoms with E-state index in [1.807, 2.05) is 42.1 Å². The molecular formula is C14H15NS. The fraction of sp³-hybridized carbons (Fsp3) is 0.143. The van der Waals surface area contributed by atoms with Crippen LogP contribution in [0.5, 0.6) is 0 Å². The summed E-state index contributed by atoms with van der Waals surface area (Å²) < 4.78 is 0. The van der Waals surface area contributed by atoms with Crippen LogP contribution in [-0.2, 0) is 0 Å². The van der Waals surface area contributed by atoms with Crippen molar-refractivity contribution in [1.29, 1.82) is 0 Å². The zero-order chi connectivity index (χ0) is 11.4. The van der Waals surface area contributed by atoms with Gasteiger partial charge in [0.05, 0.1) is 0 Å². The second-order valence-corrected chi connectivity index (χ2v) is 4.83. The Morgan fingerprint density at radius 3 is 2.44 bits per heavy atom.